The van der Waals surface area contributed by atoms with Gasteiger partial charge in [-0.1, -0.05) is 13.0 Å². The number of rotatable bonds is 6. The maximum absolute atomic E-state index is 12.8. The third kappa shape index (κ3) is 4.98. The van der Waals surface area contributed by atoms with Gasteiger partial charge in [-0.3, -0.25) is 4.98 Å². The van der Waals surface area contributed by atoms with Crippen molar-refractivity contribution in [2.45, 2.75) is 42.4 Å². The number of benzene rings is 1. The number of hydrogen-bond acceptors (Lipinski definition) is 6. The van der Waals surface area contributed by atoms with E-state index in [0.29, 0.717) is 6.20 Å². The fourth-order valence-corrected chi connectivity index (χ4v) is 3.37. The quantitative estimate of drug-likeness (QED) is 0.531. The molecule has 2 aromatic rings. The zero-order valence-electron chi connectivity index (χ0n) is 15.4. The summed E-state index contributed by atoms with van der Waals surface area (Å²) in [5, 5.41) is 10.3. The van der Waals surface area contributed by atoms with Gasteiger partial charge in [-0.2, -0.15) is 13.2 Å². The van der Waals surface area contributed by atoms with Crippen LogP contribution in [0.5, 0.6) is 5.75 Å². The average molecular weight is 435 g/mol. The molecule has 0 aliphatic heterocycles. The molecule has 2 atom stereocenters. The first-order chi connectivity index (χ1) is 12.8. The van der Waals surface area contributed by atoms with Gasteiger partial charge in [0.25, 0.3) is 0 Å². The molecule has 0 saturated heterocycles. The number of pyridine rings is 1. The SMILES string of the molecule is CCC(C)(O)C(S)Oc1c(-c2ccc(C(F)(F)F)cn2)cccc1S(C)(=O)=O. The molecule has 2 rings (SSSR count). The molecule has 154 valence electrons. The summed E-state index contributed by atoms with van der Waals surface area (Å²) in [6.07, 6.45) is -2.64. The summed E-state index contributed by atoms with van der Waals surface area (Å²) in [6.45, 7) is 3.18. The van der Waals surface area contributed by atoms with Crippen molar-refractivity contribution in [3.05, 3.63) is 42.1 Å². The average Bonchev–Trinajstić information content (AvgIpc) is 2.60. The number of aromatic nitrogens is 1. The van der Waals surface area contributed by atoms with E-state index in [1.54, 1.807) is 6.92 Å². The summed E-state index contributed by atoms with van der Waals surface area (Å²) >= 11 is 4.22. The van der Waals surface area contributed by atoms with E-state index < -0.39 is 32.6 Å². The molecular weight excluding hydrogens is 415 g/mol. The Balaban J connectivity index is 2.62. The van der Waals surface area contributed by atoms with E-state index in [-0.39, 0.29) is 28.3 Å². The van der Waals surface area contributed by atoms with Gasteiger partial charge in [0, 0.05) is 18.0 Å². The second kappa shape index (κ2) is 7.92. The van der Waals surface area contributed by atoms with Gasteiger partial charge in [0.05, 0.1) is 11.3 Å². The van der Waals surface area contributed by atoms with Crippen LogP contribution in [0.1, 0.15) is 25.8 Å². The van der Waals surface area contributed by atoms with Crippen LogP contribution >= 0.6 is 12.6 Å². The minimum atomic E-state index is -4.55. The molecule has 0 aliphatic carbocycles. The monoisotopic (exact) mass is 435 g/mol. The van der Waals surface area contributed by atoms with Crippen molar-refractivity contribution in [1.29, 1.82) is 0 Å². The van der Waals surface area contributed by atoms with Crippen molar-refractivity contribution >= 4 is 22.5 Å². The van der Waals surface area contributed by atoms with Gasteiger partial charge >= 0.3 is 6.18 Å². The van der Waals surface area contributed by atoms with Crippen LogP contribution in [0.3, 0.4) is 0 Å². The Morgan fingerprint density at radius 3 is 2.36 bits per heavy atom. The maximum Gasteiger partial charge on any atom is 0.417 e. The van der Waals surface area contributed by atoms with Crippen LogP contribution in [0.2, 0.25) is 0 Å². The van der Waals surface area contributed by atoms with E-state index in [1.807, 2.05) is 0 Å². The lowest BCUT2D eigenvalue weighted by molar-refractivity contribution is -0.137. The standard InChI is InChI=1S/C18H20F3NO4S2/c1-4-17(2,23)16(27)26-15-12(6-5-7-14(15)28(3,24)25)13-9-8-11(10-22-13)18(19,20)21/h5-10,16,23,27H,4H2,1-3H3. The Morgan fingerprint density at radius 2 is 1.89 bits per heavy atom. The van der Waals surface area contributed by atoms with Crippen molar-refractivity contribution in [3.63, 3.8) is 0 Å². The van der Waals surface area contributed by atoms with Gasteiger partial charge in [-0.05, 0) is 37.6 Å². The van der Waals surface area contributed by atoms with E-state index >= 15 is 0 Å². The van der Waals surface area contributed by atoms with Crippen LogP contribution in [0, 0.1) is 0 Å². The molecule has 1 N–H and O–H groups in total. The largest absolute Gasteiger partial charge is 0.475 e. The molecule has 0 aliphatic rings. The van der Waals surface area contributed by atoms with Crippen molar-refractivity contribution < 1.29 is 31.4 Å². The highest BCUT2D eigenvalue weighted by atomic mass is 32.2. The highest BCUT2D eigenvalue weighted by Crippen LogP contribution is 2.38. The van der Waals surface area contributed by atoms with Gasteiger partial charge in [-0.15, -0.1) is 12.6 Å². The predicted molar refractivity (Wildman–Crippen MR) is 102 cm³/mol. The van der Waals surface area contributed by atoms with Gasteiger partial charge < -0.3 is 9.84 Å². The zero-order chi connectivity index (χ0) is 21.3. The smallest absolute Gasteiger partial charge is 0.417 e. The molecule has 0 radical (unpaired) electrons. The van der Waals surface area contributed by atoms with Crippen molar-refractivity contribution in [3.8, 4) is 17.0 Å². The molecule has 10 heteroatoms. The van der Waals surface area contributed by atoms with Gasteiger partial charge in [0.2, 0.25) is 0 Å². The van der Waals surface area contributed by atoms with Crippen LogP contribution < -0.4 is 4.74 Å². The number of para-hydroxylation sites is 1. The molecule has 28 heavy (non-hydrogen) atoms. The highest BCUT2D eigenvalue weighted by molar-refractivity contribution is 7.90. The first-order valence-corrected chi connectivity index (χ1v) is 10.6. The molecule has 2 unspecified atom stereocenters. The summed E-state index contributed by atoms with van der Waals surface area (Å²) in [4.78, 5) is 3.62. The number of thiol groups is 1. The Morgan fingerprint density at radius 1 is 1.25 bits per heavy atom. The summed E-state index contributed by atoms with van der Waals surface area (Å²) in [5.41, 5.74) is -3.14. The zero-order valence-corrected chi connectivity index (χ0v) is 17.1. The Labute approximate surface area is 166 Å². The maximum atomic E-state index is 12.8. The molecule has 0 amide bonds. The molecule has 1 heterocycles. The number of hydrogen-bond donors (Lipinski definition) is 2. The molecule has 0 fully saturated rings. The number of halogens is 3. The van der Waals surface area contributed by atoms with Gasteiger partial charge in [-0.25, -0.2) is 8.42 Å². The molecule has 1 aromatic carbocycles. The molecule has 0 spiro atoms. The van der Waals surface area contributed by atoms with Crippen LogP contribution in [0.15, 0.2) is 41.4 Å². The van der Waals surface area contributed by atoms with E-state index in [0.717, 1.165) is 18.4 Å². The van der Waals surface area contributed by atoms with Crippen LogP contribution in [-0.2, 0) is 16.0 Å². The number of ether oxygens (including phenoxy) is 1. The Hall–Kier alpha value is -1.78. The van der Waals surface area contributed by atoms with Crippen LogP contribution in [0.25, 0.3) is 11.3 Å². The number of alkyl halides is 3. The Bertz CT molecular complexity index is 942. The van der Waals surface area contributed by atoms with E-state index in [9.17, 15) is 26.7 Å². The van der Waals surface area contributed by atoms with Gasteiger partial charge in [0.15, 0.2) is 15.3 Å². The lowest BCUT2D eigenvalue weighted by Gasteiger charge is -2.30. The highest BCUT2D eigenvalue weighted by Gasteiger charge is 2.33. The Kier molecular flexibility index (Phi) is 6.37. The lowest BCUT2D eigenvalue weighted by atomic mass is 10.0. The predicted octanol–water partition coefficient (Wildman–Crippen LogP) is 3.97. The van der Waals surface area contributed by atoms with Crippen LogP contribution in [-0.4, -0.2) is 35.8 Å². The topological polar surface area (TPSA) is 76.5 Å². The van der Waals surface area contributed by atoms with E-state index in [4.69, 9.17) is 4.74 Å². The second-order valence-electron chi connectivity index (χ2n) is 6.52. The van der Waals surface area contributed by atoms with Gasteiger partial charge in [0.1, 0.15) is 16.2 Å². The second-order valence-corrected chi connectivity index (χ2v) is 8.97. The summed E-state index contributed by atoms with van der Waals surface area (Å²) in [7, 11) is -3.74. The van der Waals surface area contributed by atoms with E-state index in [2.05, 4.69) is 17.6 Å². The lowest BCUT2D eigenvalue weighted by Crippen LogP contribution is -2.39. The first-order valence-electron chi connectivity index (χ1n) is 8.21. The fourth-order valence-electron chi connectivity index (χ4n) is 2.27. The fraction of sp³-hybridized carbons (Fsp3) is 0.389. The molecule has 5 nitrogen and oxygen atoms in total. The molecule has 0 bridgehead atoms. The minimum absolute atomic E-state index is 0.0881. The minimum Gasteiger partial charge on any atom is -0.475 e. The van der Waals surface area contributed by atoms with Crippen molar-refractivity contribution in [2.24, 2.45) is 0 Å². The third-order valence-electron chi connectivity index (χ3n) is 4.22. The molecule has 0 saturated carbocycles. The first kappa shape index (κ1) is 22.5. The normalized spacial score (nSPS) is 15.7. The molecule has 1 aromatic heterocycles. The summed E-state index contributed by atoms with van der Waals surface area (Å²) in [5.74, 6) is -0.133. The van der Waals surface area contributed by atoms with Crippen molar-refractivity contribution in [1.82, 2.24) is 4.98 Å². The van der Waals surface area contributed by atoms with Crippen molar-refractivity contribution in [2.75, 3.05) is 6.26 Å². The third-order valence-corrected chi connectivity index (χ3v) is 6.00. The number of aliphatic hydroxyl groups is 1. The molecular formula is C18H20F3NO4S2. The number of nitrogens with zero attached hydrogens (tertiary/aromatic N) is 1. The summed E-state index contributed by atoms with van der Waals surface area (Å²) < 4.78 is 68.4. The summed E-state index contributed by atoms with van der Waals surface area (Å²) in [6, 6.07) is 6.19. The van der Waals surface area contributed by atoms with Crippen LogP contribution in [0.4, 0.5) is 13.2 Å². The van der Waals surface area contributed by atoms with E-state index in [1.165, 1.54) is 25.1 Å². The number of sulfone groups is 1.